The number of carbonyl (C=O) groups excluding carboxylic acids is 1. The predicted molar refractivity (Wildman–Crippen MR) is 108 cm³/mol. The van der Waals surface area contributed by atoms with E-state index < -0.39 is 20.2 Å². The number of amides is 1. The number of hydrogen-bond donors (Lipinski definition) is 1. The normalized spacial score (nSPS) is 15.8. The van der Waals surface area contributed by atoms with E-state index in [-0.39, 0.29) is 18.1 Å². The van der Waals surface area contributed by atoms with Gasteiger partial charge in [-0.25, -0.2) is 8.42 Å². The van der Waals surface area contributed by atoms with E-state index in [0.29, 0.717) is 31.9 Å². The van der Waals surface area contributed by atoms with Crippen molar-refractivity contribution in [3.05, 3.63) is 54.1 Å². The highest BCUT2D eigenvalue weighted by molar-refractivity contribution is 7.92. The number of anilines is 2. The second-order valence-corrected chi connectivity index (χ2v) is 9.00. The minimum absolute atomic E-state index is 0.0265. The van der Waals surface area contributed by atoms with Crippen molar-refractivity contribution in [1.82, 2.24) is 4.90 Å². The molecule has 1 heterocycles. The first-order valence-electron chi connectivity index (χ1n) is 9.32. The topological polar surface area (TPSA) is 69.7 Å². The first-order valence-corrected chi connectivity index (χ1v) is 10.8. The van der Waals surface area contributed by atoms with Crippen LogP contribution in [0.3, 0.4) is 0 Å². The van der Waals surface area contributed by atoms with E-state index in [1.165, 1.54) is 18.2 Å². The molecule has 1 aliphatic heterocycles. The van der Waals surface area contributed by atoms with Crippen LogP contribution in [0.1, 0.15) is 5.56 Å². The molecule has 0 radical (unpaired) electrons. The number of alkyl halides is 3. The van der Waals surface area contributed by atoms with Crippen LogP contribution in [-0.4, -0.2) is 57.5 Å². The van der Waals surface area contributed by atoms with Gasteiger partial charge in [-0.15, -0.1) is 0 Å². The minimum atomic E-state index is -5.45. The summed E-state index contributed by atoms with van der Waals surface area (Å²) in [6.45, 7) is 3.54. The number of benzene rings is 2. The van der Waals surface area contributed by atoms with Crippen molar-refractivity contribution < 1.29 is 26.4 Å². The Hall–Kier alpha value is -2.59. The van der Waals surface area contributed by atoms with Crippen LogP contribution in [0, 0.1) is 6.92 Å². The van der Waals surface area contributed by atoms with Crippen molar-refractivity contribution in [2.75, 3.05) is 42.9 Å². The van der Waals surface area contributed by atoms with Gasteiger partial charge >= 0.3 is 5.51 Å². The number of nitrogens with one attached hydrogen (secondary N) is 1. The van der Waals surface area contributed by atoms with Crippen LogP contribution in [0.4, 0.5) is 24.5 Å². The summed E-state index contributed by atoms with van der Waals surface area (Å²) in [7, 11) is -5.45. The molecule has 0 atom stereocenters. The van der Waals surface area contributed by atoms with Crippen LogP contribution in [0.5, 0.6) is 0 Å². The van der Waals surface area contributed by atoms with E-state index in [0.717, 1.165) is 11.6 Å². The minimum Gasteiger partial charge on any atom is -0.368 e. The number of aryl methyl sites for hydroxylation is 1. The van der Waals surface area contributed by atoms with E-state index in [1.807, 2.05) is 36.1 Å². The van der Waals surface area contributed by atoms with E-state index in [1.54, 1.807) is 4.90 Å². The highest BCUT2D eigenvalue weighted by atomic mass is 32.2. The summed E-state index contributed by atoms with van der Waals surface area (Å²) in [5.41, 5.74) is -3.56. The molecule has 0 unspecified atom stereocenters. The van der Waals surface area contributed by atoms with E-state index in [9.17, 15) is 26.4 Å². The number of sulfone groups is 1. The third-order valence-electron chi connectivity index (χ3n) is 4.87. The first-order chi connectivity index (χ1) is 14.1. The van der Waals surface area contributed by atoms with Crippen LogP contribution < -0.4 is 10.2 Å². The summed E-state index contributed by atoms with van der Waals surface area (Å²) in [6, 6.07) is 12.5. The molecule has 6 nitrogen and oxygen atoms in total. The molecule has 162 valence electrons. The quantitative estimate of drug-likeness (QED) is 0.773. The van der Waals surface area contributed by atoms with Crippen LogP contribution in [0.15, 0.2) is 53.4 Å². The fraction of sp³-hybridized carbons (Fsp3) is 0.350. The number of halogens is 3. The van der Waals surface area contributed by atoms with Gasteiger partial charge in [0.2, 0.25) is 5.91 Å². The molecule has 0 saturated carbocycles. The number of piperazine rings is 1. The van der Waals surface area contributed by atoms with Crippen molar-refractivity contribution >= 4 is 27.1 Å². The molecule has 1 aliphatic rings. The molecule has 2 aromatic carbocycles. The van der Waals surface area contributed by atoms with Gasteiger partial charge in [0.15, 0.2) is 0 Å². The third kappa shape index (κ3) is 4.93. The predicted octanol–water partition coefficient (Wildman–Crippen LogP) is 3.05. The second kappa shape index (κ2) is 8.65. The lowest BCUT2D eigenvalue weighted by Crippen LogP contribution is -2.49. The summed E-state index contributed by atoms with van der Waals surface area (Å²) >= 11 is 0. The lowest BCUT2D eigenvalue weighted by Gasteiger charge is -2.36. The summed E-state index contributed by atoms with van der Waals surface area (Å²) in [6.07, 6.45) is 0. The monoisotopic (exact) mass is 441 g/mol. The summed E-state index contributed by atoms with van der Waals surface area (Å²) in [5.74, 6) is -0.188. The highest BCUT2D eigenvalue weighted by Crippen LogP contribution is 2.36. The molecule has 0 aliphatic carbocycles. The molecular weight excluding hydrogens is 419 g/mol. The van der Waals surface area contributed by atoms with Crippen LogP contribution >= 0.6 is 0 Å². The fourth-order valence-corrected chi connectivity index (χ4v) is 4.24. The third-order valence-corrected chi connectivity index (χ3v) is 6.41. The molecule has 0 spiro atoms. The smallest absolute Gasteiger partial charge is 0.368 e. The molecule has 0 aromatic heterocycles. The molecule has 0 bridgehead atoms. The Bertz CT molecular complexity index is 1000. The van der Waals surface area contributed by atoms with Crippen LogP contribution in [-0.2, 0) is 14.6 Å². The average molecular weight is 441 g/mol. The molecule has 30 heavy (non-hydrogen) atoms. The summed E-state index contributed by atoms with van der Waals surface area (Å²) in [5, 5.41) is 2.81. The maximum Gasteiger partial charge on any atom is 0.501 e. The van der Waals surface area contributed by atoms with Crippen molar-refractivity contribution in [2.45, 2.75) is 17.3 Å². The highest BCUT2D eigenvalue weighted by Gasteiger charge is 2.48. The molecule has 10 heteroatoms. The Labute approximate surface area is 173 Å². The Kier molecular flexibility index (Phi) is 6.37. The maximum absolute atomic E-state index is 13.0. The Morgan fingerprint density at radius 1 is 1.00 bits per heavy atom. The SMILES string of the molecule is Cc1ccc(NC(=O)CN2CCN(c3ccccc3S(=O)(=O)C(F)(F)F)CC2)cc1. The van der Waals surface area contributed by atoms with E-state index in [4.69, 9.17) is 0 Å². The molecule has 1 saturated heterocycles. The van der Waals surface area contributed by atoms with Gasteiger partial charge in [0.05, 0.1) is 17.1 Å². The van der Waals surface area contributed by atoms with Gasteiger partial charge in [-0.05, 0) is 31.2 Å². The van der Waals surface area contributed by atoms with E-state index in [2.05, 4.69) is 5.32 Å². The van der Waals surface area contributed by atoms with Gasteiger partial charge in [-0.2, -0.15) is 13.2 Å². The molecular formula is C20H22F3N3O3S. The lowest BCUT2D eigenvalue weighted by atomic mass is 10.2. The van der Waals surface area contributed by atoms with Gasteiger partial charge in [0.1, 0.15) is 0 Å². The number of para-hydroxylation sites is 1. The van der Waals surface area contributed by atoms with Crippen molar-refractivity contribution in [1.29, 1.82) is 0 Å². The van der Waals surface area contributed by atoms with Crippen LogP contribution in [0.25, 0.3) is 0 Å². The zero-order valence-corrected chi connectivity index (χ0v) is 17.1. The molecule has 2 aromatic rings. The zero-order chi connectivity index (χ0) is 21.9. The molecule has 3 rings (SSSR count). The van der Waals surface area contributed by atoms with Gasteiger partial charge in [-0.3, -0.25) is 9.69 Å². The van der Waals surface area contributed by atoms with Gasteiger partial charge in [-0.1, -0.05) is 29.8 Å². The van der Waals surface area contributed by atoms with Crippen LogP contribution in [0.2, 0.25) is 0 Å². The van der Waals surface area contributed by atoms with Gasteiger partial charge in [0, 0.05) is 31.9 Å². The maximum atomic E-state index is 13.0. The number of hydrogen-bond acceptors (Lipinski definition) is 5. The molecule has 1 amide bonds. The first kappa shape index (κ1) is 22.1. The Balaban J connectivity index is 1.62. The summed E-state index contributed by atoms with van der Waals surface area (Å²) in [4.78, 5) is 15.0. The van der Waals surface area contributed by atoms with Gasteiger partial charge in [0.25, 0.3) is 9.84 Å². The van der Waals surface area contributed by atoms with Crippen molar-refractivity contribution in [3.8, 4) is 0 Å². The van der Waals surface area contributed by atoms with Crippen molar-refractivity contribution in [3.63, 3.8) is 0 Å². The Morgan fingerprint density at radius 3 is 2.20 bits per heavy atom. The van der Waals surface area contributed by atoms with Gasteiger partial charge < -0.3 is 10.2 Å². The fourth-order valence-electron chi connectivity index (χ4n) is 3.26. The second-order valence-electron chi connectivity index (χ2n) is 7.09. The largest absolute Gasteiger partial charge is 0.501 e. The number of rotatable bonds is 5. The van der Waals surface area contributed by atoms with E-state index >= 15 is 0 Å². The molecule has 1 fully saturated rings. The number of carbonyl (C=O) groups is 1. The summed E-state index contributed by atoms with van der Waals surface area (Å²) < 4.78 is 62.9. The Morgan fingerprint density at radius 2 is 1.60 bits per heavy atom. The standard InChI is InChI=1S/C20H22F3N3O3S/c1-15-6-8-16(9-7-15)24-19(27)14-25-10-12-26(13-11-25)17-4-2-3-5-18(17)30(28,29)20(21,22)23/h2-9H,10-14H2,1H3,(H,24,27). The average Bonchev–Trinajstić information content (AvgIpc) is 2.69. The molecule has 1 N–H and O–H groups in total. The zero-order valence-electron chi connectivity index (χ0n) is 16.3. The number of nitrogens with zero attached hydrogens (tertiary/aromatic N) is 2. The lowest BCUT2D eigenvalue weighted by molar-refractivity contribution is -0.117. The van der Waals surface area contributed by atoms with Crippen molar-refractivity contribution in [2.24, 2.45) is 0 Å².